The standard InChI is InChI=1S/C9H10Cl2O2S/c1-6-3-4-8(10)9(11)7(6)5-14(2,12)13/h3-4H,5H2,1-2H3. The quantitative estimate of drug-likeness (QED) is 0.812. The molecule has 0 unspecified atom stereocenters. The van der Waals surface area contributed by atoms with Gasteiger partial charge in [-0.25, -0.2) is 8.42 Å². The van der Waals surface area contributed by atoms with Crippen molar-refractivity contribution in [3.8, 4) is 0 Å². The van der Waals surface area contributed by atoms with E-state index in [1.54, 1.807) is 12.1 Å². The predicted molar refractivity (Wildman–Crippen MR) is 59.7 cm³/mol. The molecule has 0 N–H and O–H groups in total. The molecule has 0 aliphatic carbocycles. The van der Waals surface area contributed by atoms with Crippen LogP contribution in [0.25, 0.3) is 0 Å². The summed E-state index contributed by atoms with van der Waals surface area (Å²) in [5.41, 5.74) is 1.42. The van der Waals surface area contributed by atoms with Gasteiger partial charge in [0.05, 0.1) is 15.8 Å². The fourth-order valence-electron chi connectivity index (χ4n) is 1.13. The lowest BCUT2D eigenvalue weighted by atomic mass is 10.1. The summed E-state index contributed by atoms with van der Waals surface area (Å²) in [6.45, 7) is 1.81. The number of aryl methyl sites for hydroxylation is 1. The van der Waals surface area contributed by atoms with Gasteiger partial charge < -0.3 is 0 Å². The first-order chi connectivity index (χ1) is 6.31. The molecule has 1 aromatic carbocycles. The molecule has 0 heterocycles. The Kier molecular flexibility index (Phi) is 3.45. The van der Waals surface area contributed by atoms with Crippen LogP contribution in [0, 0.1) is 6.92 Å². The molecule has 0 aromatic heterocycles. The lowest BCUT2D eigenvalue weighted by Crippen LogP contribution is -2.03. The van der Waals surface area contributed by atoms with E-state index in [9.17, 15) is 8.42 Å². The summed E-state index contributed by atoms with van der Waals surface area (Å²) >= 11 is 11.7. The summed E-state index contributed by atoms with van der Waals surface area (Å²) in [6, 6.07) is 3.42. The fraction of sp³-hybridized carbons (Fsp3) is 0.333. The van der Waals surface area contributed by atoms with Crippen molar-refractivity contribution in [2.45, 2.75) is 12.7 Å². The SMILES string of the molecule is Cc1ccc(Cl)c(Cl)c1CS(C)(=O)=O. The molecule has 0 radical (unpaired) electrons. The summed E-state index contributed by atoms with van der Waals surface area (Å²) in [6.07, 6.45) is 1.17. The monoisotopic (exact) mass is 252 g/mol. The zero-order chi connectivity index (χ0) is 10.9. The van der Waals surface area contributed by atoms with Gasteiger partial charge in [-0.05, 0) is 24.1 Å². The Hall–Kier alpha value is -0.250. The van der Waals surface area contributed by atoms with Crippen molar-refractivity contribution in [1.29, 1.82) is 0 Å². The van der Waals surface area contributed by atoms with Crippen LogP contribution in [0.15, 0.2) is 12.1 Å². The molecule has 2 nitrogen and oxygen atoms in total. The van der Waals surface area contributed by atoms with Crippen molar-refractivity contribution in [2.75, 3.05) is 6.26 Å². The number of halogens is 2. The van der Waals surface area contributed by atoms with E-state index in [1.165, 1.54) is 6.26 Å². The third-order valence-corrected chi connectivity index (χ3v) is 3.49. The van der Waals surface area contributed by atoms with Crippen LogP contribution in [-0.2, 0) is 15.6 Å². The highest BCUT2D eigenvalue weighted by Crippen LogP contribution is 2.29. The first-order valence-corrected chi connectivity index (χ1v) is 6.74. The minimum Gasteiger partial charge on any atom is -0.229 e. The van der Waals surface area contributed by atoms with Gasteiger partial charge in [-0.3, -0.25) is 0 Å². The zero-order valence-electron chi connectivity index (χ0n) is 7.84. The van der Waals surface area contributed by atoms with Gasteiger partial charge in [0.2, 0.25) is 0 Å². The maximum absolute atomic E-state index is 11.1. The largest absolute Gasteiger partial charge is 0.229 e. The second-order valence-electron chi connectivity index (χ2n) is 3.23. The molecule has 0 aliphatic rings. The van der Waals surface area contributed by atoms with Crippen LogP contribution in [0.5, 0.6) is 0 Å². The first-order valence-electron chi connectivity index (χ1n) is 3.92. The number of hydrogen-bond acceptors (Lipinski definition) is 2. The summed E-state index contributed by atoms with van der Waals surface area (Å²) in [7, 11) is -3.08. The van der Waals surface area contributed by atoms with Crippen LogP contribution in [0.1, 0.15) is 11.1 Å². The lowest BCUT2D eigenvalue weighted by Gasteiger charge is -2.08. The maximum Gasteiger partial charge on any atom is 0.151 e. The summed E-state index contributed by atoms with van der Waals surface area (Å²) in [4.78, 5) is 0. The van der Waals surface area contributed by atoms with Gasteiger partial charge in [0.1, 0.15) is 0 Å². The van der Waals surface area contributed by atoms with Crippen LogP contribution >= 0.6 is 23.2 Å². The van der Waals surface area contributed by atoms with Gasteiger partial charge in [-0.1, -0.05) is 29.3 Å². The Balaban J connectivity index is 3.27. The molecule has 0 atom stereocenters. The molecular formula is C9H10Cl2O2S. The average Bonchev–Trinajstić information content (AvgIpc) is 2.04. The average molecular weight is 253 g/mol. The molecule has 0 fully saturated rings. The Bertz CT molecular complexity index is 452. The highest BCUT2D eigenvalue weighted by molar-refractivity contribution is 7.89. The molecule has 5 heteroatoms. The van der Waals surface area contributed by atoms with Gasteiger partial charge in [0, 0.05) is 6.26 Å². The second-order valence-corrected chi connectivity index (χ2v) is 6.15. The molecule has 78 valence electrons. The van der Waals surface area contributed by atoms with E-state index in [2.05, 4.69) is 0 Å². The van der Waals surface area contributed by atoms with Gasteiger partial charge in [-0.15, -0.1) is 0 Å². The van der Waals surface area contributed by atoms with Crippen LogP contribution in [0.3, 0.4) is 0 Å². The number of benzene rings is 1. The van der Waals surface area contributed by atoms with Crippen molar-refractivity contribution in [1.82, 2.24) is 0 Å². The van der Waals surface area contributed by atoms with E-state index in [0.29, 0.717) is 15.6 Å². The number of rotatable bonds is 2. The summed E-state index contributed by atoms with van der Waals surface area (Å²) in [5, 5.41) is 0.716. The van der Waals surface area contributed by atoms with E-state index in [1.807, 2.05) is 6.92 Å². The minimum absolute atomic E-state index is 0.0712. The topological polar surface area (TPSA) is 34.1 Å². The number of hydrogen-bond donors (Lipinski definition) is 0. The van der Waals surface area contributed by atoms with Crippen molar-refractivity contribution in [3.63, 3.8) is 0 Å². The fourth-order valence-corrected chi connectivity index (χ4v) is 2.56. The molecule has 14 heavy (non-hydrogen) atoms. The van der Waals surface area contributed by atoms with Gasteiger partial charge in [0.25, 0.3) is 0 Å². The van der Waals surface area contributed by atoms with Crippen molar-refractivity contribution < 1.29 is 8.42 Å². The smallest absolute Gasteiger partial charge is 0.151 e. The van der Waals surface area contributed by atoms with Crippen LogP contribution in [-0.4, -0.2) is 14.7 Å². The van der Waals surface area contributed by atoms with E-state index in [4.69, 9.17) is 23.2 Å². The van der Waals surface area contributed by atoms with Crippen LogP contribution < -0.4 is 0 Å². The minimum atomic E-state index is -3.08. The molecular weight excluding hydrogens is 243 g/mol. The predicted octanol–water partition coefficient (Wildman–Crippen LogP) is 2.85. The van der Waals surface area contributed by atoms with E-state index < -0.39 is 9.84 Å². The summed E-state index contributed by atoms with van der Waals surface area (Å²) < 4.78 is 22.2. The van der Waals surface area contributed by atoms with Gasteiger partial charge >= 0.3 is 0 Å². The maximum atomic E-state index is 11.1. The third kappa shape index (κ3) is 2.87. The Morgan fingerprint density at radius 2 is 1.86 bits per heavy atom. The van der Waals surface area contributed by atoms with E-state index in [-0.39, 0.29) is 5.75 Å². The third-order valence-electron chi connectivity index (χ3n) is 1.84. The lowest BCUT2D eigenvalue weighted by molar-refractivity contribution is 0.601. The normalized spacial score (nSPS) is 11.7. The Labute approximate surface area is 93.8 Å². The van der Waals surface area contributed by atoms with Crippen molar-refractivity contribution in [3.05, 3.63) is 33.3 Å². The molecule has 0 amide bonds. The van der Waals surface area contributed by atoms with Crippen LogP contribution in [0.4, 0.5) is 0 Å². The van der Waals surface area contributed by atoms with Gasteiger partial charge in [0.15, 0.2) is 9.84 Å². The molecule has 0 saturated carbocycles. The highest BCUT2D eigenvalue weighted by atomic mass is 35.5. The molecule has 0 spiro atoms. The van der Waals surface area contributed by atoms with E-state index in [0.717, 1.165) is 5.56 Å². The van der Waals surface area contributed by atoms with E-state index >= 15 is 0 Å². The molecule has 1 aromatic rings. The highest BCUT2D eigenvalue weighted by Gasteiger charge is 2.13. The molecule has 0 aliphatic heterocycles. The second kappa shape index (κ2) is 4.09. The van der Waals surface area contributed by atoms with Gasteiger partial charge in [-0.2, -0.15) is 0 Å². The molecule has 0 bridgehead atoms. The Morgan fingerprint density at radius 3 is 2.36 bits per heavy atom. The Morgan fingerprint density at radius 1 is 1.29 bits per heavy atom. The van der Waals surface area contributed by atoms with Crippen molar-refractivity contribution >= 4 is 33.0 Å². The van der Waals surface area contributed by atoms with Crippen molar-refractivity contribution in [2.24, 2.45) is 0 Å². The first kappa shape index (κ1) is 11.8. The molecule has 0 saturated heterocycles. The molecule has 1 rings (SSSR count). The zero-order valence-corrected chi connectivity index (χ0v) is 10.2. The van der Waals surface area contributed by atoms with Crippen LogP contribution in [0.2, 0.25) is 10.0 Å². The number of sulfone groups is 1. The summed E-state index contributed by atoms with van der Waals surface area (Å²) in [5.74, 6) is -0.0712.